The van der Waals surface area contributed by atoms with Crippen molar-refractivity contribution in [1.29, 1.82) is 0 Å². The Balaban J connectivity index is 0.00000324. The molecule has 2 unspecified atom stereocenters. The van der Waals surface area contributed by atoms with Gasteiger partial charge in [0, 0.05) is 19.2 Å². The van der Waals surface area contributed by atoms with Crippen molar-refractivity contribution in [3.63, 3.8) is 0 Å². The van der Waals surface area contributed by atoms with Crippen LogP contribution in [-0.2, 0) is 4.74 Å². The van der Waals surface area contributed by atoms with Crippen LogP contribution in [0.4, 0.5) is 0 Å². The van der Waals surface area contributed by atoms with Crippen molar-refractivity contribution in [2.45, 2.75) is 59.1 Å². The van der Waals surface area contributed by atoms with Gasteiger partial charge in [0.05, 0.1) is 12.6 Å². The third-order valence-electron chi connectivity index (χ3n) is 3.44. The van der Waals surface area contributed by atoms with E-state index in [2.05, 4.69) is 43.3 Å². The minimum atomic E-state index is 0. The Morgan fingerprint density at radius 3 is 2.58 bits per heavy atom. The molecule has 0 aromatic heterocycles. The normalized spacial score (nSPS) is 21.7. The molecule has 0 spiro atoms. The molecule has 1 saturated heterocycles. The molecule has 4 nitrogen and oxygen atoms in total. The van der Waals surface area contributed by atoms with Gasteiger partial charge in [0.1, 0.15) is 0 Å². The Morgan fingerprint density at radius 2 is 2.05 bits per heavy atom. The van der Waals surface area contributed by atoms with E-state index in [1.165, 1.54) is 12.8 Å². The first-order valence-corrected chi connectivity index (χ1v) is 7.30. The molecule has 5 heteroatoms. The highest BCUT2D eigenvalue weighted by molar-refractivity contribution is 14.0. The van der Waals surface area contributed by atoms with Gasteiger partial charge in [-0.1, -0.05) is 13.8 Å². The molecule has 0 aliphatic carbocycles. The fourth-order valence-electron chi connectivity index (χ4n) is 1.85. The van der Waals surface area contributed by atoms with Crippen LogP contribution in [0.25, 0.3) is 0 Å². The number of rotatable bonds is 5. The van der Waals surface area contributed by atoms with E-state index in [-0.39, 0.29) is 24.0 Å². The summed E-state index contributed by atoms with van der Waals surface area (Å²) in [5.41, 5.74) is 0. The highest BCUT2D eigenvalue weighted by atomic mass is 127. The lowest BCUT2D eigenvalue weighted by Gasteiger charge is -2.23. The largest absolute Gasteiger partial charge is 0.376 e. The summed E-state index contributed by atoms with van der Waals surface area (Å²) in [6, 6.07) is 0.426. The maximum atomic E-state index is 5.70. The second-order valence-electron chi connectivity index (χ2n) is 5.39. The lowest BCUT2D eigenvalue weighted by atomic mass is 10.1. The zero-order chi connectivity index (χ0) is 13.4. The van der Waals surface area contributed by atoms with E-state index in [1.54, 1.807) is 0 Å². The van der Waals surface area contributed by atoms with Gasteiger partial charge in [0.2, 0.25) is 0 Å². The van der Waals surface area contributed by atoms with Crippen LogP contribution in [0, 0.1) is 5.92 Å². The van der Waals surface area contributed by atoms with Gasteiger partial charge >= 0.3 is 0 Å². The van der Waals surface area contributed by atoms with Crippen molar-refractivity contribution in [2.75, 3.05) is 19.7 Å². The Morgan fingerprint density at radius 1 is 1.32 bits per heavy atom. The summed E-state index contributed by atoms with van der Waals surface area (Å²) in [6.07, 6.45) is 3.92. The van der Waals surface area contributed by atoms with Crippen molar-refractivity contribution in [3.8, 4) is 0 Å². The fourth-order valence-corrected chi connectivity index (χ4v) is 1.85. The first-order chi connectivity index (χ1) is 8.63. The van der Waals surface area contributed by atoms with Gasteiger partial charge in [-0.15, -0.1) is 24.0 Å². The zero-order valence-electron chi connectivity index (χ0n) is 12.7. The Hall–Kier alpha value is -0.0400. The van der Waals surface area contributed by atoms with Gasteiger partial charge in [0.25, 0.3) is 0 Å². The molecule has 0 aromatic rings. The molecule has 0 bridgehead atoms. The quantitative estimate of drug-likeness (QED) is 0.436. The van der Waals surface area contributed by atoms with Gasteiger partial charge in [-0.3, -0.25) is 4.99 Å². The second kappa shape index (κ2) is 10.7. The number of guanidine groups is 1. The minimum absolute atomic E-state index is 0. The van der Waals surface area contributed by atoms with Gasteiger partial charge < -0.3 is 15.4 Å². The number of halogens is 1. The summed E-state index contributed by atoms with van der Waals surface area (Å²) < 4.78 is 5.70. The smallest absolute Gasteiger partial charge is 0.191 e. The molecule has 114 valence electrons. The van der Waals surface area contributed by atoms with Crippen LogP contribution in [0.3, 0.4) is 0 Å². The average molecular weight is 383 g/mol. The number of aliphatic imine (C=N–C) groups is 1. The molecule has 0 aromatic carbocycles. The van der Waals surface area contributed by atoms with Crippen LogP contribution >= 0.6 is 24.0 Å². The summed E-state index contributed by atoms with van der Waals surface area (Å²) in [5, 5.41) is 6.73. The summed E-state index contributed by atoms with van der Waals surface area (Å²) in [4.78, 5) is 4.63. The Labute approximate surface area is 135 Å². The lowest BCUT2D eigenvalue weighted by molar-refractivity contribution is 0.0224. The zero-order valence-corrected chi connectivity index (χ0v) is 15.1. The second-order valence-corrected chi connectivity index (χ2v) is 5.39. The van der Waals surface area contributed by atoms with E-state index in [0.29, 0.717) is 18.1 Å². The van der Waals surface area contributed by atoms with Crippen LogP contribution in [0.15, 0.2) is 4.99 Å². The SMILES string of the molecule is CCNC(=NCC1CCCCO1)NC(C)C(C)C.I. The molecule has 1 rings (SSSR count). The molecule has 1 aliphatic heterocycles. The standard InChI is InChI=1S/C14H29N3O.HI/c1-5-15-14(17-12(4)11(2)3)16-10-13-8-6-7-9-18-13;/h11-13H,5-10H2,1-4H3,(H2,15,16,17);1H. The molecule has 0 saturated carbocycles. The third-order valence-corrected chi connectivity index (χ3v) is 3.44. The summed E-state index contributed by atoms with van der Waals surface area (Å²) in [5.74, 6) is 1.51. The molecule has 0 amide bonds. The molecule has 19 heavy (non-hydrogen) atoms. The van der Waals surface area contributed by atoms with Crippen LogP contribution < -0.4 is 10.6 Å². The van der Waals surface area contributed by atoms with E-state index in [9.17, 15) is 0 Å². The number of nitrogens with one attached hydrogen (secondary N) is 2. The van der Waals surface area contributed by atoms with E-state index in [4.69, 9.17) is 4.74 Å². The Kier molecular flexibility index (Phi) is 10.7. The van der Waals surface area contributed by atoms with E-state index >= 15 is 0 Å². The predicted octanol–water partition coefficient (Wildman–Crippen LogP) is 2.77. The lowest BCUT2D eigenvalue weighted by Crippen LogP contribution is -2.44. The van der Waals surface area contributed by atoms with Crippen LogP contribution in [-0.4, -0.2) is 37.8 Å². The van der Waals surface area contributed by atoms with Crippen LogP contribution in [0.2, 0.25) is 0 Å². The molecule has 1 heterocycles. The number of hydrogen-bond donors (Lipinski definition) is 2. The summed E-state index contributed by atoms with van der Waals surface area (Å²) in [6.45, 7) is 11.3. The molecule has 2 N–H and O–H groups in total. The van der Waals surface area contributed by atoms with Crippen molar-refractivity contribution < 1.29 is 4.74 Å². The molecule has 2 atom stereocenters. The van der Waals surface area contributed by atoms with Crippen LogP contribution in [0.1, 0.15) is 47.0 Å². The first-order valence-electron chi connectivity index (χ1n) is 7.30. The average Bonchev–Trinajstić information content (AvgIpc) is 2.37. The topological polar surface area (TPSA) is 45.7 Å². The minimum Gasteiger partial charge on any atom is -0.376 e. The van der Waals surface area contributed by atoms with Crippen molar-refractivity contribution in [3.05, 3.63) is 0 Å². The molecule has 1 fully saturated rings. The van der Waals surface area contributed by atoms with Crippen molar-refractivity contribution >= 4 is 29.9 Å². The van der Waals surface area contributed by atoms with E-state index in [1.807, 2.05) is 0 Å². The molecule has 0 radical (unpaired) electrons. The van der Waals surface area contributed by atoms with Gasteiger partial charge in [0.15, 0.2) is 5.96 Å². The maximum absolute atomic E-state index is 5.70. The third kappa shape index (κ3) is 7.97. The first kappa shape index (κ1) is 19.0. The summed E-state index contributed by atoms with van der Waals surface area (Å²) >= 11 is 0. The summed E-state index contributed by atoms with van der Waals surface area (Å²) in [7, 11) is 0. The van der Waals surface area contributed by atoms with E-state index in [0.717, 1.165) is 32.1 Å². The fraction of sp³-hybridized carbons (Fsp3) is 0.929. The highest BCUT2D eigenvalue weighted by Gasteiger charge is 2.14. The van der Waals surface area contributed by atoms with Crippen LogP contribution in [0.5, 0.6) is 0 Å². The maximum Gasteiger partial charge on any atom is 0.191 e. The number of hydrogen-bond acceptors (Lipinski definition) is 2. The van der Waals surface area contributed by atoms with Gasteiger partial charge in [-0.05, 0) is 39.0 Å². The Bertz CT molecular complexity index is 253. The highest BCUT2D eigenvalue weighted by Crippen LogP contribution is 2.12. The van der Waals surface area contributed by atoms with Gasteiger partial charge in [-0.2, -0.15) is 0 Å². The van der Waals surface area contributed by atoms with E-state index < -0.39 is 0 Å². The molecular weight excluding hydrogens is 353 g/mol. The number of ether oxygens (including phenoxy) is 1. The molecule has 1 aliphatic rings. The number of nitrogens with zero attached hydrogens (tertiary/aromatic N) is 1. The van der Waals surface area contributed by atoms with Crippen molar-refractivity contribution in [2.24, 2.45) is 10.9 Å². The molecular formula is C14H30IN3O. The predicted molar refractivity (Wildman–Crippen MR) is 92.4 cm³/mol. The van der Waals surface area contributed by atoms with Gasteiger partial charge in [-0.25, -0.2) is 0 Å². The van der Waals surface area contributed by atoms with Crippen molar-refractivity contribution in [1.82, 2.24) is 10.6 Å². The monoisotopic (exact) mass is 383 g/mol.